The fourth-order valence-corrected chi connectivity index (χ4v) is 4.96. The number of alkyl halides is 2. The van der Waals surface area contributed by atoms with Crippen LogP contribution in [0.2, 0.25) is 0 Å². The topological polar surface area (TPSA) is 24.1 Å². The molecule has 120 valence electrons. The summed E-state index contributed by atoms with van der Waals surface area (Å²) >= 11 is 13.6. The molecule has 0 spiro atoms. The Bertz CT molecular complexity index is 280. The van der Waals surface area contributed by atoms with E-state index in [1.165, 1.54) is 25.7 Å². The van der Waals surface area contributed by atoms with Crippen molar-refractivity contribution in [1.82, 2.24) is 10.6 Å². The minimum Gasteiger partial charge on any atom is -0.313 e. The monoisotopic (exact) mass is 322 g/mol. The van der Waals surface area contributed by atoms with Crippen LogP contribution >= 0.6 is 23.2 Å². The highest BCUT2D eigenvalue weighted by molar-refractivity contribution is 6.32. The van der Waals surface area contributed by atoms with Gasteiger partial charge in [0, 0.05) is 6.04 Å². The van der Waals surface area contributed by atoms with Crippen LogP contribution in [0.1, 0.15) is 66.2 Å². The molecule has 0 saturated heterocycles. The van der Waals surface area contributed by atoms with E-state index in [1.54, 1.807) is 0 Å². The van der Waals surface area contributed by atoms with Gasteiger partial charge in [-0.2, -0.15) is 0 Å². The third kappa shape index (κ3) is 4.25. The Morgan fingerprint density at radius 1 is 1.05 bits per heavy atom. The lowest BCUT2D eigenvalue weighted by Crippen LogP contribution is -2.62. The average Bonchev–Trinajstić information content (AvgIpc) is 2.37. The Kier molecular flexibility index (Phi) is 7.62. The van der Waals surface area contributed by atoms with Gasteiger partial charge < -0.3 is 5.32 Å². The van der Waals surface area contributed by atoms with Crippen molar-refractivity contribution in [2.75, 3.05) is 13.1 Å². The molecule has 1 aliphatic rings. The van der Waals surface area contributed by atoms with Crippen molar-refractivity contribution in [1.29, 1.82) is 0 Å². The minimum atomic E-state index is -0.480. The number of halogens is 2. The molecule has 3 unspecified atom stereocenters. The molecule has 0 bridgehead atoms. The maximum absolute atomic E-state index is 6.93. The van der Waals surface area contributed by atoms with Gasteiger partial charge in [-0.3, -0.25) is 5.32 Å². The van der Waals surface area contributed by atoms with Crippen molar-refractivity contribution >= 4 is 23.2 Å². The van der Waals surface area contributed by atoms with Crippen LogP contribution in [-0.2, 0) is 0 Å². The molecule has 0 aromatic rings. The van der Waals surface area contributed by atoms with Gasteiger partial charge in [0.25, 0.3) is 0 Å². The van der Waals surface area contributed by atoms with E-state index in [0.717, 1.165) is 25.9 Å². The molecule has 3 atom stereocenters. The minimum absolute atomic E-state index is 0.0640. The van der Waals surface area contributed by atoms with Crippen LogP contribution in [0.15, 0.2) is 0 Å². The Morgan fingerprint density at radius 2 is 1.65 bits per heavy atom. The van der Waals surface area contributed by atoms with Crippen LogP contribution in [0.4, 0.5) is 0 Å². The highest BCUT2D eigenvalue weighted by Crippen LogP contribution is 2.50. The molecule has 1 saturated carbocycles. The number of hydrogen-bond donors (Lipinski definition) is 2. The molecule has 0 aliphatic heterocycles. The van der Waals surface area contributed by atoms with Crippen molar-refractivity contribution in [3.05, 3.63) is 0 Å². The van der Waals surface area contributed by atoms with Crippen LogP contribution < -0.4 is 10.6 Å². The molecule has 2 nitrogen and oxygen atoms in total. The Hall–Kier alpha value is 0.500. The van der Waals surface area contributed by atoms with Gasteiger partial charge in [0.2, 0.25) is 0 Å². The summed E-state index contributed by atoms with van der Waals surface area (Å²) in [5.41, 5.74) is 0.325. The molecule has 4 heteroatoms. The SMILES string of the molecule is CCCC1(CCC)CC(NCC)C(Cl)C(Cl)(NCC)C1. The van der Waals surface area contributed by atoms with Crippen molar-refractivity contribution < 1.29 is 0 Å². The predicted molar refractivity (Wildman–Crippen MR) is 90.8 cm³/mol. The lowest BCUT2D eigenvalue weighted by atomic mass is 9.65. The van der Waals surface area contributed by atoms with E-state index in [1.807, 2.05) is 0 Å². The molecular weight excluding hydrogens is 291 g/mol. The van der Waals surface area contributed by atoms with E-state index >= 15 is 0 Å². The highest BCUT2D eigenvalue weighted by Gasteiger charge is 2.51. The van der Waals surface area contributed by atoms with E-state index in [-0.39, 0.29) is 5.38 Å². The lowest BCUT2D eigenvalue weighted by Gasteiger charge is -2.52. The van der Waals surface area contributed by atoms with Gasteiger partial charge in [0.1, 0.15) is 5.00 Å². The maximum atomic E-state index is 6.93. The van der Waals surface area contributed by atoms with Gasteiger partial charge >= 0.3 is 0 Å². The zero-order valence-corrected chi connectivity index (χ0v) is 15.1. The number of nitrogens with one attached hydrogen (secondary N) is 2. The first kappa shape index (κ1) is 18.5. The summed E-state index contributed by atoms with van der Waals surface area (Å²) < 4.78 is 0. The smallest absolute Gasteiger partial charge is 0.112 e. The first-order chi connectivity index (χ1) is 9.47. The third-order valence-corrected chi connectivity index (χ3v) is 5.86. The van der Waals surface area contributed by atoms with Gasteiger partial charge in [0.05, 0.1) is 5.38 Å². The van der Waals surface area contributed by atoms with E-state index in [2.05, 4.69) is 38.3 Å². The molecule has 20 heavy (non-hydrogen) atoms. The molecule has 0 radical (unpaired) electrons. The molecular formula is C16H32Cl2N2. The molecule has 2 N–H and O–H groups in total. The molecule has 1 rings (SSSR count). The summed E-state index contributed by atoms with van der Waals surface area (Å²) in [5, 5.41) is 6.96. The lowest BCUT2D eigenvalue weighted by molar-refractivity contribution is 0.0883. The second kappa shape index (κ2) is 8.22. The van der Waals surface area contributed by atoms with Gasteiger partial charge in [-0.05, 0) is 44.2 Å². The number of rotatable bonds is 8. The van der Waals surface area contributed by atoms with Crippen LogP contribution in [-0.4, -0.2) is 29.5 Å². The summed E-state index contributed by atoms with van der Waals surface area (Å²) in [6, 6.07) is 0.296. The molecule has 1 fully saturated rings. The van der Waals surface area contributed by atoms with Crippen molar-refractivity contribution in [2.45, 2.75) is 82.6 Å². The zero-order chi connectivity index (χ0) is 15.2. The number of hydrogen-bond acceptors (Lipinski definition) is 2. The molecule has 0 aromatic carbocycles. The predicted octanol–water partition coefficient (Wildman–Crippen LogP) is 4.50. The molecule has 0 heterocycles. The van der Waals surface area contributed by atoms with Crippen LogP contribution in [0.5, 0.6) is 0 Å². The van der Waals surface area contributed by atoms with E-state index in [4.69, 9.17) is 23.2 Å². The van der Waals surface area contributed by atoms with Crippen molar-refractivity contribution in [3.8, 4) is 0 Å². The Labute approximate surface area is 135 Å². The average molecular weight is 323 g/mol. The normalized spacial score (nSPS) is 33.3. The third-order valence-electron chi connectivity index (χ3n) is 4.57. The second-order valence-electron chi connectivity index (χ2n) is 6.34. The van der Waals surface area contributed by atoms with Crippen LogP contribution in [0.25, 0.3) is 0 Å². The molecule has 1 aliphatic carbocycles. The highest BCUT2D eigenvalue weighted by atomic mass is 35.5. The first-order valence-electron chi connectivity index (χ1n) is 8.28. The summed E-state index contributed by atoms with van der Waals surface area (Å²) in [5.74, 6) is 0. The summed E-state index contributed by atoms with van der Waals surface area (Å²) in [6.45, 7) is 10.6. The molecule has 0 aromatic heterocycles. The second-order valence-corrected chi connectivity index (χ2v) is 7.48. The largest absolute Gasteiger partial charge is 0.313 e. The van der Waals surface area contributed by atoms with Gasteiger partial charge in [0.15, 0.2) is 0 Å². The van der Waals surface area contributed by atoms with E-state index in [9.17, 15) is 0 Å². The van der Waals surface area contributed by atoms with Gasteiger partial charge in [-0.1, -0.05) is 40.5 Å². The summed E-state index contributed by atoms with van der Waals surface area (Å²) in [4.78, 5) is -0.480. The Balaban J connectivity index is 3.01. The fraction of sp³-hybridized carbons (Fsp3) is 1.00. The summed E-state index contributed by atoms with van der Waals surface area (Å²) in [6.07, 6.45) is 7.04. The molecule has 0 amide bonds. The van der Waals surface area contributed by atoms with E-state index in [0.29, 0.717) is 11.5 Å². The van der Waals surface area contributed by atoms with Gasteiger partial charge in [-0.25, -0.2) is 0 Å². The standard InChI is InChI=1S/C16H32Cl2N2/c1-5-9-15(10-6-2)11-13(19-7-3)14(17)16(18,12-15)20-8-4/h13-14,19-20H,5-12H2,1-4H3. The zero-order valence-electron chi connectivity index (χ0n) is 13.6. The Morgan fingerprint density at radius 3 is 2.10 bits per heavy atom. The maximum Gasteiger partial charge on any atom is 0.112 e. The fourth-order valence-electron chi connectivity index (χ4n) is 4.06. The van der Waals surface area contributed by atoms with Crippen molar-refractivity contribution in [3.63, 3.8) is 0 Å². The van der Waals surface area contributed by atoms with E-state index < -0.39 is 5.00 Å². The summed E-state index contributed by atoms with van der Waals surface area (Å²) in [7, 11) is 0. The van der Waals surface area contributed by atoms with Gasteiger partial charge in [-0.15, -0.1) is 23.2 Å². The van der Waals surface area contributed by atoms with Crippen molar-refractivity contribution in [2.24, 2.45) is 5.41 Å². The first-order valence-corrected chi connectivity index (χ1v) is 9.09. The van der Waals surface area contributed by atoms with Crippen LogP contribution in [0, 0.1) is 5.41 Å². The van der Waals surface area contributed by atoms with Crippen LogP contribution in [0.3, 0.4) is 0 Å². The quantitative estimate of drug-likeness (QED) is 0.508.